The molecule has 1 aromatic carbocycles. The molecule has 133 valence electrons. The molecule has 0 amide bonds. The van der Waals surface area contributed by atoms with Crippen LogP contribution in [0.2, 0.25) is 0 Å². The molecule has 2 aromatic rings. The van der Waals surface area contributed by atoms with E-state index in [1.165, 1.54) is 22.2 Å². The van der Waals surface area contributed by atoms with Crippen molar-refractivity contribution in [2.24, 2.45) is 0 Å². The number of likely N-dealkylation sites (N-methyl/N-ethyl adjacent to an activating group) is 1. The largest absolute Gasteiger partial charge is 0.383 e. The zero-order chi connectivity index (χ0) is 17.1. The molecule has 0 unspecified atom stereocenters. The molecule has 24 heavy (non-hydrogen) atoms. The molecular formula is C20H33N4. The Balaban J connectivity index is 0.00000169. The van der Waals surface area contributed by atoms with Crippen LogP contribution >= 0.6 is 0 Å². The van der Waals surface area contributed by atoms with E-state index in [9.17, 15) is 0 Å². The van der Waals surface area contributed by atoms with Crippen LogP contribution in [-0.4, -0.2) is 61.1 Å². The summed E-state index contributed by atoms with van der Waals surface area (Å²) in [6.07, 6.45) is 1.03. The lowest BCUT2D eigenvalue weighted by atomic mass is 10.0. The summed E-state index contributed by atoms with van der Waals surface area (Å²) in [6, 6.07) is 6.43. The number of hydrogen-bond acceptors (Lipinski definition) is 3. The summed E-state index contributed by atoms with van der Waals surface area (Å²) in [5.41, 5.74) is 5.68. The first-order valence-corrected chi connectivity index (χ1v) is 8.97. The quantitative estimate of drug-likeness (QED) is 0.854. The van der Waals surface area contributed by atoms with Gasteiger partial charge in [0.2, 0.25) is 0 Å². The molecule has 1 aliphatic heterocycles. The van der Waals surface area contributed by atoms with Crippen LogP contribution in [0.3, 0.4) is 0 Å². The highest BCUT2D eigenvalue weighted by Crippen LogP contribution is 2.25. The van der Waals surface area contributed by atoms with E-state index in [0.717, 1.165) is 56.9 Å². The standard InChI is InChI=1S/C20H29N4.2H2/c1-5-18-16(3)22-20-7-6-17(14-19(18)20)15(2)21-8-9-24-12-10-23(4)11-13-24;;/h2,6-7,14,21-22H,5,8-13H2,1,3-4H3;2*1H. The van der Waals surface area contributed by atoms with E-state index in [4.69, 9.17) is 6.58 Å². The Bertz CT molecular complexity index is 718. The van der Waals surface area contributed by atoms with E-state index in [2.05, 4.69) is 59.2 Å². The van der Waals surface area contributed by atoms with Crippen molar-refractivity contribution in [3.05, 3.63) is 41.6 Å². The van der Waals surface area contributed by atoms with Crippen LogP contribution < -0.4 is 5.32 Å². The van der Waals surface area contributed by atoms with Crippen molar-refractivity contribution in [1.82, 2.24) is 20.1 Å². The number of nitrogens with zero attached hydrogens (tertiary/aromatic N) is 2. The van der Waals surface area contributed by atoms with Gasteiger partial charge in [-0.1, -0.05) is 13.0 Å². The molecule has 0 atom stereocenters. The SMILES string of the molecule is [CH]=C(NCCN1CCN(C)CC1)c1ccc2[nH]c(C)c(CC)c2c1.[HH].[HH]. The lowest BCUT2D eigenvalue weighted by molar-refractivity contribution is 0.156. The fourth-order valence-corrected chi connectivity index (χ4v) is 3.53. The van der Waals surface area contributed by atoms with Gasteiger partial charge < -0.3 is 15.2 Å². The highest BCUT2D eigenvalue weighted by molar-refractivity contribution is 5.87. The Morgan fingerprint density at radius 1 is 1.29 bits per heavy atom. The molecule has 0 saturated carbocycles. The average Bonchev–Trinajstić information content (AvgIpc) is 2.90. The van der Waals surface area contributed by atoms with Crippen LogP contribution in [0, 0.1) is 13.5 Å². The normalized spacial score (nSPS) is 16.6. The number of H-pyrrole nitrogens is 1. The van der Waals surface area contributed by atoms with Crippen molar-refractivity contribution >= 4 is 16.6 Å². The van der Waals surface area contributed by atoms with E-state index < -0.39 is 0 Å². The fourth-order valence-electron chi connectivity index (χ4n) is 3.53. The molecule has 0 bridgehead atoms. The number of benzene rings is 1. The van der Waals surface area contributed by atoms with Gasteiger partial charge in [-0.15, -0.1) is 0 Å². The van der Waals surface area contributed by atoms with Crippen molar-refractivity contribution in [3.8, 4) is 0 Å². The number of hydrogen-bond donors (Lipinski definition) is 2. The lowest BCUT2D eigenvalue weighted by Gasteiger charge is -2.32. The summed E-state index contributed by atoms with van der Waals surface area (Å²) in [5.74, 6) is 0. The second-order valence-corrected chi connectivity index (χ2v) is 6.83. The minimum absolute atomic E-state index is 0. The molecular weight excluding hydrogens is 296 g/mol. The highest BCUT2D eigenvalue weighted by Gasteiger charge is 2.13. The number of nitrogens with one attached hydrogen (secondary N) is 2. The highest BCUT2D eigenvalue weighted by atomic mass is 15.2. The molecule has 1 saturated heterocycles. The van der Waals surface area contributed by atoms with Crippen molar-refractivity contribution < 1.29 is 2.85 Å². The topological polar surface area (TPSA) is 34.3 Å². The minimum atomic E-state index is 0. The van der Waals surface area contributed by atoms with Crippen molar-refractivity contribution in [3.63, 3.8) is 0 Å². The van der Waals surface area contributed by atoms with Crippen LogP contribution in [0.25, 0.3) is 16.6 Å². The van der Waals surface area contributed by atoms with Gasteiger partial charge in [-0.05, 0) is 50.2 Å². The Morgan fingerprint density at radius 3 is 2.75 bits per heavy atom. The van der Waals surface area contributed by atoms with E-state index in [1.807, 2.05) is 0 Å². The molecule has 4 nitrogen and oxygen atoms in total. The molecule has 0 spiro atoms. The minimum Gasteiger partial charge on any atom is -0.383 e. The predicted molar refractivity (Wildman–Crippen MR) is 106 cm³/mol. The van der Waals surface area contributed by atoms with Crippen LogP contribution in [0.5, 0.6) is 0 Å². The molecule has 1 radical (unpaired) electrons. The molecule has 2 heterocycles. The molecule has 4 heteroatoms. The Kier molecular flexibility index (Phi) is 5.27. The van der Waals surface area contributed by atoms with Crippen molar-refractivity contribution in [1.29, 1.82) is 0 Å². The van der Waals surface area contributed by atoms with E-state index >= 15 is 0 Å². The smallest absolute Gasteiger partial charge is 0.0459 e. The second-order valence-electron chi connectivity index (χ2n) is 6.83. The zero-order valence-corrected chi connectivity index (χ0v) is 15.2. The molecule has 3 rings (SSSR count). The number of fused-ring (bicyclic) bond motifs is 1. The molecule has 1 fully saturated rings. The number of piperazine rings is 1. The molecule has 1 aliphatic rings. The van der Waals surface area contributed by atoms with E-state index in [1.54, 1.807) is 0 Å². The summed E-state index contributed by atoms with van der Waals surface area (Å²) in [4.78, 5) is 8.33. The first-order valence-electron chi connectivity index (χ1n) is 8.97. The van der Waals surface area contributed by atoms with Gasteiger partial charge in [0.25, 0.3) is 0 Å². The summed E-state index contributed by atoms with van der Waals surface area (Å²) in [5, 5.41) is 4.68. The van der Waals surface area contributed by atoms with Gasteiger partial charge in [0.15, 0.2) is 0 Å². The van der Waals surface area contributed by atoms with Crippen LogP contribution in [0.15, 0.2) is 18.2 Å². The molecule has 0 aliphatic carbocycles. The van der Waals surface area contributed by atoms with Crippen LogP contribution in [0.4, 0.5) is 0 Å². The number of rotatable bonds is 6. The first-order chi connectivity index (χ1) is 11.6. The monoisotopic (exact) mass is 329 g/mol. The average molecular weight is 330 g/mol. The third kappa shape index (κ3) is 3.65. The Morgan fingerprint density at radius 2 is 2.04 bits per heavy atom. The van der Waals surface area contributed by atoms with Gasteiger partial charge in [0, 0.05) is 64.4 Å². The third-order valence-corrected chi connectivity index (χ3v) is 5.12. The Hall–Kier alpha value is -1.78. The maximum absolute atomic E-state index is 6.29. The molecule has 1 aromatic heterocycles. The zero-order valence-electron chi connectivity index (χ0n) is 15.2. The summed E-state index contributed by atoms with van der Waals surface area (Å²) in [7, 11) is 2.19. The third-order valence-electron chi connectivity index (χ3n) is 5.12. The van der Waals surface area contributed by atoms with Gasteiger partial charge in [-0.2, -0.15) is 0 Å². The van der Waals surface area contributed by atoms with Crippen LogP contribution in [0.1, 0.15) is 26.6 Å². The maximum Gasteiger partial charge on any atom is 0.0459 e. The number of aromatic nitrogens is 1. The first kappa shape index (κ1) is 17.1. The predicted octanol–water partition coefficient (Wildman–Crippen LogP) is 3.14. The number of aryl methyl sites for hydroxylation is 2. The fraction of sp³-hybridized carbons (Fsp3) is 0.500. The summed E-state index contributed by atoms with van der Waals surface area (Å²) in [6.45, 7) is 17.2. The van der Waals surface area contributed by atoms with Crippen molar-refractivity contribution in [2.45, 2.75) is 20.3 Å². The van der Waals surface area contributed by atoms with Gasteiger partial charge in [-0.3, -0.25) is 4.90 Å². The van der Waals surface area contributed by atoms with E-state index in [-0.39, 0.29) is 2.85 Å². The Labute approximate surface area is 148 Å². The van der Waals surface area contributed by atoms with E-state index in [0.29, 0.717) is 0 Å². The second kappa shape index (κ2) is 7.41. The summed E-state index contributed by atoms with van der Waals surface area (Å²) >= 11 is 0. The number of aromatic amines is 1. The molecule has 2 N–H and O–H groups in total. The van der Waals surface area contributed by atoms with Gasteiger partial charge >= 0.3 is 0 Å². The van der Waals surface area contributed by atoms with Gasteiger partial charge in [0.1, 0.15) is 0 Å². The summed E-state index contributed by atoms with van der Waals surface area (Å²) < 4.78 is 0. The van der Waals surface area contributed by atoms with Gasteiger partial charge in [0.05, 0.1) is 0 Å². The maximum atomic E-state index is 6.29. The van der Waals surface area contributed by atoms with Crippen LogP contribution in [-0.2, 0) is 6.42 Å². The van der Waals surface area contributed by atoms with Gasteiger partial charge in [-0.25, -0.2) is 0 Å². The van der Waals surface area contributed by atoms with Crippen molar-refractivity contribution in [2.75, 3.05) is 46.3 Å². The lowest BCUT2D eigenvalue weighted by Crippen LogP contribution is -2.46.